The maximum atomic E-state index is 13.8. The van der Waals surface area contributed by atoms with Crippen LogP contribution >= 0.6 is 11.6 Å². The van der Waals surface area contributed by atoms with Gasteiger partial charge in [0.25, 0.3) is 0 Å². The summed E-state index contributed by atoms with van der Waals surface area (Å²) in [6.45, 7) is 0.241. The first-order valence-corrected chi connectivity index (χ1v) is 6.15. The van der Waals surface area contributed by atoms with Crippen molar-refractivity contribution in [3.05, 3.63) is 40.9 Å². The summed E-state index contributed by atoms with van der Waals surface area (Å²) in [6, 6.07) is 4.72. The minimum absolute atomic E-state index is 0.0539. The van der Waals surface area contributed by atoms with Gasteiger partial charge in [0.2, 0.25) is 11.8 Å². The van der Waals surface area contributed by atoms with E-state index in [4.69, 9.17) is 21.1 Å². The standard InChI is InChI=1S/C13H13ClFN3O2/c1-19-12-8(13(20-2)18-7-17-12)6-16-10-5-3-4-9(14)11(10)15/h3-5,7,16H,6H2,1-2H3. The lowest BCUT2D eigenvalue weighted by Gasteiger charge is -2.13. The van der Waals surface area contributed by atoms with Gasteiger partial charge < -0.3 is 14.8 Å². The predicted octanol–water partition coefficient (Wildman–Crippen LogP) is 2.90. The fourth-order valence-electron chi connectivity index (χ4n) is 1.71. The SMILES string of the molecule is COc1ncnc(OC)c1CNc1cccc(Cl)c1F. The van der Waals surface area contributed by atoms with Crippen LogP contribution in [0, 0.1) is 5.82 Å². The van der Waals surface area contributed by atoms with E-state index in [2.05, 4.69) is 15.3 Å². The number of hydrogen-bond acceptors (Lipinski definition) is 5. The monoisotopic (exact) mass is 297 g/mol. The van der Waals surface area contributed by atoms with E-state index in [1.807, 2.05) is 0 Å². The average Bonchev–Trinajstić information content (AvgIpc) is 2.48. The Morgan fingerprint density at radius 3 is 2.45 bits per heavy atom. The van der Waals surface area contributed by atoms with E-state index in [1.54, 1.807) is 12.1 Å². The molecule has 0 amide bonds. The lowest BCUT2D eigenvalue weighted by molar-refractivity contribution is 0.363. The lowest BCUT2D eigenvalue weighted by Crippen LogP contribution is -2.07. The van der Waals surface area contributed by atoms with Crippen LogP contribution in [0.2, 0.25) is 5.02 Å². The van der Waals surface area contributed by atoms with Crippen LogP contribution in [0.1, 0.15) is 5.56 Å². The van der Waals surface area contributed by atoms with Gasteiger partial charge in [-0.2, -0.15) is 0 Å². The minimum Gasteiger partial charge on any atom is -0.481 e. The molecule has 0 bridgehead atoms. The smallest absolute Gasteiger partial charge is 0.225 e. The second-order valence-corrected chi connectivity index (χ2v) is 4.23. The molecule has 1 heterocycles. The summed E-state index contributed by atoms with van der Waals surface area (Å²) in [5, 5.41) is 2.97. The fraction of sp³-hybridized carbons (Fsp3) is 0.231. The van der Waals surface area contributed by atoms with Crippen LogP contribution in [0.15, 0.2) is 24.5 Å². The highest BCUT2D eigenvalue weighted by molar-refractivity contribution is 6.31. The Morgan fingerprint density at radius 2 is 1.85 bits per heavy atom. The highest BCUT2D eigenvalue weighted by Crippen LogP contribution is 2.26. The number of rotatable bonds is 5. The fourth-order valence-corrected chi connectivity index (χ4v) is 1.88. The van der Waals surface area contributed by atoms with E-state index < -0.39 is 5.82 Å². The quantitative estimate of drug-likeness (QED) is 0.919. The molecule has 5 nitrogen and oxygen atoms in total. The molecule has 20 heavy (non-hydrogen) atoms. The highest BCUT2D eigenvalue weighted by atomic mass is 35.5. The number of aromatic nitrogens is 2. The summed E-state index contributed by atoms with van der Waals surface area (Å²) in [7, 11) is 2.98. The van der Waals surface area contributed by atoms with Crippen molar-refractivity contribution in [1.29, 1.82) is 0 Å². The molecule has 0 aliphatic rings. The molecule has 2 rings (SSSR count). The molecule has 1 N–H and O–H groups in total. The zero-order valence-corrected chi connectivity index (χ0v) is 11.7. The van der Waals surface area contributed by atoms with Gasteiger partial charge in [-0.1, -0.05) is 17.7 Å². The number of nitrogens with one attached hydrogen (secondary N) is 1. The first-order chi connectivity index (χ1) is 9.67. The van der Waals surface area contributed by atoms with Crippen molar-refractivity contribution >= 4 is 17.3 Å². The average molecular weight is 298 g/mol. The summed E-state index contributed by atoms with van der Waals surface area (Å²) in [6.07, 6.45) is 1.33. The van der Waals surface area contributed by atoms with Gasteiger partial charge in [0.15, 0.2) is 5.82 Å². The molecule has 0 saturated heterocycles. The molecule has 0 unspecified atom stereocenters. The van der Waals surface area contributed by atoms with Crippen molar-refractivity contribution in [3.63, 3.8) is 0 Å². The van der Waals surface area contributed by atoms with Crippen LogP contribution in [0.5, 0.6) is 11.8 Å². The third-order valence-electron chi connectivity index (χ3n) is 2.66. The maximum absolute atomic E-state index is 13.8. The highest BCUT2D eigenvalue weighted by Gasteiger charge is 2.14. The molecular formula is C13H13ClFN3O2. The van der Waals surface area contributed by atoms with E-state index >= 15 is 0 Å². The molecule has 0 aliphatic heterocycles. The van der Waals surface area contributed by atoms with Crippen molar-refractivity contribution in [2.45, 2.75) is 6.54 Å². The van der Waals surface area contributed by atoms with Gasteiger partial charge in [0.1, 0.15) is 6.33 Å². The maximum Gasteiger partial charge on any atom is 0.225 e. The Morgan fingerprint density at radius 1 is 1.20 bits per heavy atom. The number of ether oxygens (including phenoxy) is 2. The molecule has 1 aromatic carbocycles. The molecule has 0 radical (unpaired) electrons. The van der Waals surface area contributed by atoms with Gasteiger partial charge in [0.05, 0.1) is 37.0 Å². The van der Waals surface area contributed by atoms with E-state index in [0.717, 1.165) is 0 Å². The van der Waals surface area contributed by atoms with Gasteiger partial charge >= 0.3 is 0 Å². The molecular weight excluding hydrogens is 285 g/mol. The Hall–Kier alpha value is -2.08. The summed E-state index contributed by atoms with van der Waals surface area (Å²) < 4.78 is 24.1. The second kappa shape index (κ2) is 6.38. The summed E-state index contributed by atoms with van der Waals surface area (Å²) in [4.78, 5) is 7.97. The van der Waals surface area contributed by atoms with Crippen LogP contribution < -0.4 is 14.8 Å². The van der Waals surface area contributed by atoms with Gasteiger partial charge in [0, 0.05) is 0 Å². The molecule has 7 heteroatoms. The third kappa shape index (κ3) is 2.91. The van der Waals surface area contributed by atoms with E-state index in [-0.39, 0.29) is 17.3 Å². The van der Waals surface area contributed by atoms with Crippen molar-refractivity contribution < 1.29 is 13.9 Å². The molecule has 2 aromatic rings. The van der Waals surface area contributed by atoms with Crippen LogP contribution in [0.25, 0.3) is 0 Å². The van der Waals surface area contributed by atoms with Crippen molar-refractivity contribution in [2.24, 2.45) is 0 Å². The van der Waals surface area contributed by atoms with E-state index in [0.29, 0.717) is 17.3 Å². The number of nitrogens with zero attached hydrogens (tertiary/aromatic N) is 2. The zero-order valence-electron chi connectivity index (χ0n) is 11.0. The van der Waals surface area contributed by atoms with Crippen molar-refractivity contribution in [3.8, 4) is 11.8 Å². The van der Waals surface area contributed by atoms with Gasteiger partial charge in [-0.25, -0.2) is 14.4 Å². The normalized spacial score (nSPS) is 10.2. The Balaban J connectivity index is 2.24. The molecule has 0 fully saturated rings. The van der Waals surface area contributed by atoms with Gasteiger partial charge in [-0.3, -0.25) is 0 Å². The number of anilines is 1. The zero-order chi connectivity index (χ0) is 14.5. The third-order valence-corrected chi connectivity index (χ3v) is 2.95. The van der Waals surface area contributed by atoms with Crippen molar-refractivity contribution in [1.82, 2.24) is 9.97 Å². The number of benzene rings is 1. The first-order valence-electron chi connectivity index (χ1n) is 5.77. The Bertz CT molecular complexity index is 588. The lowest BCUT2D eigenvalue weighted by atomic mass is 10.2. The number of methoxy groups -OCH3 is 2. The van der Waals surface area contributed by atoms with Crippen LogP contribution in [0.3, 0.4) is 0 Å². The summed E-state index contributed by atoms with van der Waals surface area (Å²) in [5.41, 5.74) is 0.877. The molecule has 0 aliphatic carbocycles. The summed E-state index contributed by atoms with van der Waals surface area (Å²) >= 11 is 5.72. The first kappa shape index (κ1) is 14.3. The Labute approximate surface area is 120 Å². The van der Waals surface area contributed by atoms with Crippen LogP contribution in [-0.2, 0) is 6.54 Å². The largest absolute Gasteiger partial charge is 0.481 e. The van der Waals surface area contributed by atoms with Crippen LogP contribution in [-0.4, -0.2) is 24.2 Å². The van der Waals surface area contributed by atoms with E-state index in [9.17, 15) is 4.39 Å². The molecule has 0 atom stereocenters. The van der Waals surface area contributed by atoms with Crippen LogP contribution in [0.4, 0.5) is 10.1 Å². The van der Waals surface area contributed by atoms with Crippen molar-refractivity contribution in [2.75, 3.05) is 19.5 Å². The topological polar surface area (TPSA) is 56.3 Å². The van der Waals surface area contributed by atoms with Gasteiger partial charge in [-0.15, -0.1) is 0 Å². The molecule has 1 aromatic heterocycles. The minimum atomic E-state index is -0.510. The molecule has 0 saturated carbocycles. The molecule has 0 spiro atoms. The number of halogens is 2. The van der Waals surface area contributed by atoms with E-state index in [1.165, 1.54) is 26.6 Å². The predicted molar refractivity (Wildman–Crippen MR) is 73.9 cm³/mol. The number of hydrogen-bond donors (Lipinski definition) is 1. The summed E-state index contributed by atoms with van der Waals surface area (Å²) in [5.74, 6) is 0.225. The second-order valence-electron chi connectivity index (χ2n) is 3.83. The Kier molecular flexibility index (Phi) is 4.57. The molecule has 106 valence electrons. The van der Waals surface area contributed by atoms with Gasteiger partial charge in [-0.05, 0) is 12.1 Å².